The van der Waals surface area contributed by atoms with Crippen LogP contribution in [0.25, 0.3) is 0 Å². The molecule has 1 N–H and O–H groups in total. The van der Waals surface area contributed by atoms with Crippen LogP contribution in [0.15, 0.2) is 97.1 Å². The van der Waals surface area contributed by atoms with Gasteiger partial charge in [-0.25, -0.2) is 0 Å². The lowest BCUT2D eigenvalue weighted by Gasteiger charge is -2.14. The lowest BCUT2D eigenvalue weighted by atomic mass is 10.1. The maximum Gasteiger partial charge on any atom is 0.255 e. The highest BCUT2D eigenvalue weighted by Crippen LogP contribution is 2.30. The van der Waals surface area contributed by atoms with Crippen molar-refractivity contribution in [2.45, 2.75) is 13.2 Å². The Hall–Kier alpha value is -4.45. The third kappa shape index (κ3) is 6.32. The maximum absolute atomic E-state index is 12.8. The number of carbonyl (C=O) groups excluding carboxylic acids is 1. The van der Waals surface area contributed by atoms with Gasteiger partial charge in [-0.15, -0.1) is 0 Å². The predicted octanol–water partition coefficient (Wildman–Crippen LogP) is 6.11. The van der Waals surface area contributed by atoms with Crippen LogP contribution in [0.2, 0.25) is 0 Å². The average molecular weight is 470 g/mol. The number of benzene rings is 4. The highest BCUT2D eigenvalue weighted by Gasteiger charge is 2.13. The normalized spacial score (nSPS) is 10.3. The second-order valence-corrected chi connectivity index (χ2v) is 7.72. The van der Waals surface area contributed by atoms with Gasteiger partial charge in [-0.05, 0) is 54.1 Å². The molecular formula is C29H27NO5. The first-order valence-electron chi connectivity index (χ1n) is 11.2. The van der Waals surface area contributed by atoms with Crippen molar-refractivity contribution < 1.29 is 23.7 Å². The molecule has 0 aromatic heterocycles. The minimum Gasteiger partial charge on any atom is -0.496 e. The summed E-state index contributed by atoms with van der Waals surface area (Å²) in [6.45, 7) is 0.794. The van der Waals surface area contributed by atoms with Crippen LogP contribution in [-0.2, 0) is 13.2 Å². The van der Waals surface area contributed by atoms with Crippen LogP contribution in [0, 0.1) is 0 Å². The van der Waals surface area contributed by atoms with Gasteiger partial charge in [-0.1, -0.05) is 48.5 Å². The Kier molecular flexibility index (Phi) is 7.86. The molecule has 0 heterocycles. The molecule has 0 aliphatic rings. The Labute approximate surface area is 205 Å². The fourth-order valence-corrected chi connectivity index (χ4v) is 3.48. The monoisotopic (exact) mass is 469 g/mol. The van der Waals surface area contributed by atoms with Gasteiger partial charge in [0.2, 0.25) is 0 Å². The van der Waals surface area contributed by atoms with Crippen LogP contribution in [0.5, 0.6) is 23.0 Å². The molecule has 6 nitrogen and oxygen atoms in total. The van der Waals surface area contributed by atoms with Crippen molar-refractivity contribution in [3.05, 3.63) is 114 Å². The van der Waals surface area contributed by atoms with E-state index in [4.69, 9.17) is 18.9 Å². The van der Waals surface area contributed by atoms with Crippen molar-refractivity contribution in [3.8, 4) is 23.0 Å². The summed E-state index contributed by atoms with van der Waals surface area (Å²) < 4.78 is 22.5. The van der Waals surface area contributed by atoms with Crippen molar-refractivity contribution in [1.82, 2.24) is 0 Å². The summed E-state index contributed by atoms with van der Waals surface area (Å²) in [7, 11) is 3.17. The molecule has 4 aromatic carbocycles. The molecule has 0 aliphatic heterocycles. The second kappa shape index (κ2) is 11.6. The van der Waals surface area contributed by atoms with Gasteiger partial charge in [0.1, 0.15) is 24.7 Å². The van der Waals surface area contributed by atoms with E-state index in [-0.39, 0.29) is 5.91 Å². The minimum atomic E-state index is -0.252. The Bertz CT molecular complexity index is 1260. The molecule has 0 radical (unpaired) electrons. The molecule has 35 heavy (non-hydrogen) atoms. The van der Waals surface area contributed by atoms with Gasteiger partial charge in [0.25, 0.3) is 5.91 Å². The highest BCUT2D eigenvalue weighted by molar-refractivity contribution is 6.04. The van der Waals surface area contributed by atoms with E-state index in [0.717, 1.165) is 22.6 Å². The number of rotatable bonds is 10. The molecule has 0 atom stereocenters. The Morgan fingerprint density at radius 3 is 2.14 bits per heavy atom. The van der Waals surface area contributed by atoms with Crippen LogP contribution >= 0.6 is 0 Å². The van der Waals surface area contributed by atoms with E-state index in [1.54, 1.807) is 44.6 Å². The van der Waals surface area contributed by atoms with Crippen LogP contribution < -0.4 is 24.3 Å². The summed E-state index contributed by atoms with van der Waals surface area (Å²) in [5.74, 6) is 2.23. The number of carbonyl (C=O) groups is 1. The largest absolute Gasteiger partial charge is 0.496 e. The first-order valence-corrected chi connectivity index (χ1v) is 11.2. The first-order chi connectivity index (χ1) is 17.2. The zero-order chi connectivity index (χ0) is 24.5. The zero-order valence-electron chi connectivity index (χ0n) is 19.7. The first kappa shape index (κ1) is 23.7. The number of para-hydroxylation sites is 1. The quantitative estimate of drug-likeness (QED) is 0.303. The van der Waals surface area contributed by atoms with Gasteiger partial charge < -0.3 is 24.3 Å². The fraction of sp³-hybridized carbons (Fsp3) is 0.138. The molecule has 6 heteroatoms. The fourth-order valence-electron chi connectivity index (χ4n) is 3.48. The third-order valence-corrected chi connectivity index (χ3v) is 5.36. The molecule has 178 valence electrons. The molecule has 0 fully saturated rings. The lowest BCUT2D eigenvalue weighted by Crippen LogP contribution is -2.12. The van der Waals surface area contributed by atoms with Gasteiger partial charge in [-0.2, -0.15) is 0 Å². The summed E-state index contributed by atoms with van der Waals surface area (Å²) in [6, 6.07) is 29.9. The van der Waals surface area contributed by atoms with E-state index in [1.165, 1.54) is 0 Å². The van der Waals surface area contributed by atoms with Crippen LogP contribution in [-0.4, -0.2) is 20.1 Å². The molecule has 0 spiro atoms. The molecule has 0 aliphatic carbocycles. The van der Waals surface area contributed by atoms with E-state index in [2.05, 4.69) is 5.32 Å². The molecule has 0 bridgehead atoms. The average Bonchev–Trinajstić information content (AvgIpc) is 2.92. The summed E-state index contributed by atoms with van der Waals surface area (Å²) in [4.78, 5) is 12.8. The van der Waals surface area contributed by atoms with Crippen LogP contribution in [0.4, 0.5) is 5.69 Å². The standard InChI is InChI=1S/C29H27NO5/c1-32-26-11-7-6-10-23(26)20-35-27-17-12-22(18-28(27)33-2)29(31)30-24-13-15-25(16-14-24)34-19-21-8-4-3-5-9-21/h3-18H,19-20H2,1-2H3,(H,30,31). The molecule has 4 aromatic rings. The van der Waals surface area contributed by atoms with Gasteiger partial charge >= 0.3 is 0 Å². The third-order valence-electron chi connectivity index (χ3n) is 5.36. The molecule has 1 amide bonds. The molecule has 4 rings (SSSR count). The lowest BCUT2D eigenvalue weighted by molar-refractivity contribution is 0.102. The number of hydrogen-bond acceptors (Lipinski definition) is 5. The van der Waals surface area contributed by atoms with E-state index < -0.39 is 0 Å². The zero-order valence-corrected chi connectivity index (χ0v) is 19.7. The minimum absolute atomic E-state index is 0.252. The van der Waals surface area contributed by atoms with E-state index >= 15 is 0 Å². The van der Waals surface area contributed by atoms with Gasteiger partial charge in [0, 0.05) is 16.8 Å². The molecule has 0 saturated heterocycles. The molecular weight excluding hydrogens is 442 g/mol. The summed E-state index contributed by atoms with van der Waals surface area (Å²) in [6.07, 6.45) is 0. The SMILES string of the molecule is COc1ccccc1COc1ccc(C(=O)Nc2ccc(OCc3ccccc3)cc2)cc1OC. The van der Waals surface area contributed by atoms with Crippen molar-refractivity contribution in [1.29, 1.82) is 0 Å². The second-order valence-electron chi connectivity index (χ2n) is 7.72. The number of hydrogen-bond donors (Lipinski definition) is 1. The summed E-state index contributed by atoms with van der Waals surface area (Å²) in [5, 5.41) is 2.90. The number of methoxy groups -OCH3 is 2. The van der Waals surface area contributed by atoms with Crippen molar-refractivity contribution >= 4 is 11.6 Å². The van der Waals surface area contributed by atoms with E-state index in [9.17, 15) is 4.79 Å². The predicted molar refractivity (Wildman–Crippen MR) is 135 cm³/mol. The van der Waals surface area contributed by atoms with E-state index in [1.807, 2.05) is 66.7 Å². The summed E-state index contributed by atoms with van der Waals surface area (Å²) >= 11 is 0. The van der Waals surface area contributed by atoms with Crippen molar-refractivity contribution in [3.63, 3.8) is 0 Å². The highest BCUT2D eigenvalue weighted by atomic mass is 16.5. The molecule has 0 saturated carbocycles. The number of ether oxygens (including phenoxy) is 4. The van der Waals surface area contributed by atoms with Crippen molar-refractivity contribution in [2.24, 2.45) is 0 Å². The molecule has 0 unspecified atom stereocenters. The van der Waals surface area contributed by atoms with Crippen molar-refractivity contribution in [2.75, 3.05) is 19.5 Å². The Morgan fingerprint density at radius 2 is 1.40 bits per heavy atom. The Morgan fingerprint density at radius 1 is 0.686 bits per heavy atom. The topological polar surface area (TPSA) is 66.0 Å². The maximum atomic E-state index is 12.8. The van der Waals surface area contributed by atoms with Crippen LogP contribution in [0.3, 0.4) is 0 Å². The van der Waals surface area contributed by atoms with Gasteiger partial charge in [0.05, 0.1) is 14.2 Å². The number of amides is 1. The number of nitrogens with one attached hydrogen (secondary N) is 1. The van der Waals surface area contributed by atoms with Gasteiger partial charge in [-0.3, -0.25) is 4.79 Å². The number of anilines is 1. The van der Waals surface area contributed by atoms with E-state index in [0.29, 0.717) is 36.0 Å². The van der Waals surface area contributed by atoms with Crippen LogP contribution in [0.1, 0.15) is 21.5 Å². The van der Waals surface area contributed by atoms with Gasteiger partial charge in [0.15, 0.2) is 11.5 Å². The summed E-state index contributed by atoms with van der Waals surface area (Å²) in [5.41, 5.74) is 3.12. The Balaban J connectivity index is 1.36. The smallest absolute Gasteiger partial charge is 0.255 e.